The number of nitrogens with zero attached hydrogens (tertiary/aromatic N) is 3. The first kappa shape index (κ1) is 13.3. The molecule has 0 spiro atoms. The summed E-state index contributed by atoms with van der Waals surface area (Å²) >= 11 is 3.28. The first-order chi connectivity index (χ1) is 10.7. The van der Waals surface area contributed by atoms with E-state index in [2.05, 4.69) is 21.0 Å². The molecule has 0 saturated heterocycles. The number of hydrogen-bond acceptors (Lipinski definition) is 7. The number of thiazole rings is 1. The molecule has 7 heteroatoms. The van der Waals surface area contributed by atoms with E-state index in [4.69, 9.17) is 11.5 Å². The van der Waals surface area contributed by atoms with Crippen LogP contribution in [0.5, 0.6) is 0 Å². The Morgan fingerprint density at radius 2 is 1.77 bits per heavy atom. The minimum atomic E-state index is 0.191. The molecule has 0 bridgehead atoms. The zero-order valence-electron chi connectivity index (χ0n) is 11.4. The first-order valence-electron chi connectivity index (χ1n) is 6.55. The monoisotopic (exact) mass is 325 g/mol. The summed E-state index contributed by atoms with van der Waals surface area (Å²) in [5.41, 5.74) is 13.3. The molecule has 0 aliphatic rings. The summed E-state index contributed by atoms with van der Waals surface area (Å²) in [5, 5.41) is 0.806. The minimum Gasteiger partial charge on any atom is -0.383 e. The lowest BCUT2D eigenvalue weighted by Crippen LogP contribution is -2.00. The smallest absolute Gasteiger partial charge is 0.222 e. The number of para-hydroxylation sites is 1. The Morgan fingerprint density at radius 3 is 2.64 bits per heavy atom. The van der Waals surface area contributed by atoms with Crippen LogP contribution >= 0.6 is 23.1 Å². The Hall–Kier alpha value is -2.38. The van der Waals surface area contributed by atoms with Crippen molar-refractivity contribution >= 4 is 56.0 Å². The summed E-state index contributed by atoms with van der Waals surface area (Å²) in [6, 6.07) is 14.0. The van der Waals surface area contributed by atoms with Crippen LogP contribution in [0.1, 0.15) is 0 Å². The highest BCUT2D eigenvalue weighted by molar-refractivity contribution is 8.01. The Morgan fingerprint density at radius 1 is 0.909 bits per heavy atom. The van der Waals surface area contributed by atoms with E-state index >= 15 is 0 Å². The second-order valence-corrected chi connectivity index (χ2v) is 7.05. The van der Waals surface area contributed by atoms with E-state index in [-0.39, 0.29) is 5.95 Å². The molecular formula is C15H11N5S2. The van der Waals surface area contributed by atoms with Crippen molar-refractivity contribution in [2.75, 3.05) is 11.5 Å². The highest BCUT2D eigenvalue weighted by atomic mass is 32.2. The summed E-state index contributed by atoms with van der Waals surface area (Å²) in [7, 11) is 0. The van der Waals surface area contributed by atoms with Crippen molar-refractivity contribution in [3.8, 4) is 0 Å². The second kappa shape index (κ2) is 5.11. The summed E-state index contributed by atoms with van der Waals surface area (Å²) in [6.07, 6.45) is 0. The van der Waals surface area contributed by atoms with Gasteiger partial charge in [-0.05, 0) is 30.3 Å². The first-order valence-corrected chi connectivity index (χ1v) is 8.18. The van der Waals surface area contributed by atoms with Gasteiger partial charge < -0.3 is 11.5 Å². The molecule has 0 fully saturated rings. The van der Waals surface area contributed by atoms with Gasteiger partial charge in [-0.15, -0.1) is 11.3 Å². The number of rotatable bonds is 2. The lowest BCUT2D eigenvalue weighted by Gasteiger charge is -2.04. The Kier molecular flexibility index (Phi) is 3.09. The largest absolute Gasteiger partial charge is 0.383 e. The molecule has 4 rings (SSSR count). The number of anilines is 2. The van der Waals surface area contributed by atoms with Gasteiger partial charge in [0.15, 0.2) is 4.34 Å². The van der Waals surface area contributed by atoms with E-state index in [1.54, 1.807) is 23.1 Å². The topological polar surface area (TPSA) is 90.7 Å². The van der Waals surface area contributed by atoms with Crippen LogP contribution < -0.4 is 11.5 Å². The standard InChI is InChI=1S/C15H11N5S2/c16-13-9-7-8(5-6-10(9)18-14(17)20-13)21-15-19-11-3-1-2-4-12(11)22-15/h1-7H,(H4,16,17,18,20). The maximum Gasteiger partial charge on any atom is 0.222 e. The molecule has 4 N–H and O–H groups in total. The maximum absolute atomic E-state index is 5.93. The number of aromatic nitrogens is 3. The fraction of sp³-hybridized carbons (Fsp3) is 0. The molecule has 0 amide bonds. The van der Waals surface area contributed by atoms with Gasteiger partial charge in [-0.25, -0.2) is 9.97 Å². The highest BCUT2D eigenvalue weighted by Crippen LogP contribution is 2.35. The van der Waals surface area contributed by atoms with Gasteiger partial charge in [0, 0.05) is 10.3 Å². The second-order valence-electron chi connectivity index (χ2n) is 4.70. The molecule has 5 nitrogen and oxygen atoms in total. The molecule has 4 aromatic rings. The van der Waals surface area contributed by atoms with Crippen molar-refractivity contribution in [1.82, 2.24) is 15.0 Å². The van der Waals surface area contributed by atoms with Crippen molar-refractivity contribution in [3.05, 3.63) is 42.5 Å². The maximum atomic E-state index is 5.93. The molecule has 2 aromatic carbocycles. The minimum absolute atomic E-state index is 0.191. The van der Waals surface area contributed by atoms with Crippen molar-refractivity contribution < 1.29 is 0 Å². The van der Waals surface area contributed by atoms with E-state index in [1.807, 2.05) is 36.4 Å². The lowest BCUT2D eigenvalue weighted by atomic mass is 10.2. The van der Waals surface area contributed by atoms with Crippen molar-refractivity contribution in [2.24, 2.45) is 0 Å². The van der Waals surface area contributed by atoms with Crippen LogP contribution in [0.2, 0.25) is 0 Å². The van der Waals surface area contributed by atoms with Gasteiger partial charge >= 0.3 is 0 Å². The van der Waals surface area contributed by atoms with E-state index in [9.17, 15) is 0 Å². The van der Waals surface area contributed by atoms with Crippen LogP contribution in [0.25, 0.3) is 21.1 Å². The van der Waals surface area contributed by atoms with Crippen LogP contribution in [0.4, 0.5) is 11.8 Å². The van der Waals surface area contributed by atoms with Gasteiger partial charge in [-0.1, -0.05) is 23.9 Å². The van der Waals surface area contributed by atoms with Crippen LogP contribution in [-0.4, -0.2) is 15.0 Å². The average molecular weight is 325 g/mol. The zero-order chi connectivity index (χ0) is 15.1. The third-order valence-corrected chi connectivity index (χ3v) is 5.28. The molecule has 108 valence electrons. The Bertz CT molecular complexity index is 963. The highest BCUT2D eigenvalue weighted by Gasteiger charge is 2.08. The molecular weight excluding hydrogens is 314 g/mol. The fourth-order valence-electron chi connectivity index (χ4n) is 2.21. The summed E-state index contributed by atoms with van der Waals surface area (Å²) in [6.45, 7) is 0. The fourth-order valence-corrected chi connectivity index (χ4v) is 4.29. The molecule has 0 unspecified atom stereocenters. The molecule has 0 atom stereocenters. The van der Waals surface area contributed by atoms with Gasteiger partial charge in [-0.2, -0.15) is 4.98 Å². The van der Waals surface area contributed by atoms with Gasteiger partial charge in [-0.3, -0.25) is 0 Å². The van der Waals surface area contributed by atoms with E-state index in [0.29, 0.717) is 5.82 Å². The Labute approximate surface area is 134 Å². The normalized spacial score (nSPS) is 11.3. The Balaban J connectivity index is 1.74. The van der Waals surface area contributed by atoms with E-state index in [1.165, 1.54) is 4.70 Å². The van der Waals surface area contributed by atoms with Crippen molar-refractivity contribution in [1.29, 1.82) is 0 Å². The predicted octanol–water partition coefficient (Wildman–Crippen LogP) is 3.56. The molecule has 2 heterocycles. The summed E-state index contributed by atoms with van der Waals surface area (Å²) in [5.74, 6) is 0.589. The molecule has 0 aliphatic heterocycles. The molecule has 0 saturated carbocycles. The molecule has 0 radical (unpaired) electrons. The summed E-state index contributed by atoms with van der Waals surface area (Å²) in [4.78, 5) is 13.9. The number of hydrogen-bond donors (Lipinski definition) is 2. The van der Waals surface area contributed by atoms with Crippen molar-refractivity contribution in [2.45, 2.75) is 9.24 Å². The predicted molar refractivity (Wildman–Crippen MR) is 92.1 cm³/mol. The third-order valence-electron chi connectivity index (χ3n) is 3.19. The molecule has 0 aliphatic carbocycles. The van der Waals surface area contributed by atoms with Gasteiger partial charge in [0.1, 0.15) is 5.82 Å². The third kappa shape index (κ3) is 2.34. The van der Waals surface area contributed by atoms with Crippen LogP contribution in [0.15, 0.2) is 51.7 Å². The molecule has 22 heavy (non-hydrogen) atoms. The summed E-state index contributed by atoms with van der Waals surface area (Å²) < 4.78 is 2.18. The van der Waals surface area contributed by atoms with E-state index < -0.39 is 0 Å². The number of fused-ring (bicyclic) bond motifs is 2. The van der Waals surface area contributed by atoms with Crippen LogP contribution in [-0.2, 0) is 0 Å². The zero-order valence-corrected chi connectivity index (χ0v) is 13.0. The van der Waals surface area contributed by atoms with Crippen LogP contribution in [0, 0.1) is 0 Å². The lowest BCUT2D eigenvalue weighted by molar-refractivity contribution is 1.24. The number of benzene rings is 2. The van der Waals surface area contributed by atoms with Gasteiger partial charge in [0.2, 0.25) is 5.95 Å². The molecule has 2 aromatic heterocycles. The SMILES string of the molecule is Nc1nc(N)c2cc(Sc3nc4ccccc4s3)ccc2n1. The van der Waals surface area contributed by atoms with Crippen molar-refractivity contribution in [3.63, 3.8) is 0 Å². The van der Waals surface area contributed by atoms with E-state index in [0.717, 1.165) is 25.7 Å². The van der Waals surface area contributed by atoms with Crippen LogP contribution in [0.3, 0.4) is 0 Å². The van der Waals surface area contributed by atoms with Gasteiger partial charge in [0.05, 0.1) is 15.7 Å². The number of nitrogens with two attached hydrogens (primary N) is 2. The quantitative estimate of drug-likeness (QED) is 0.585. The van der Waals surface area contributed by atoms with Gasteiger partial charge in [0.25, 0.3) is 0 Å². The average Bonchev–Trinajstić information content (AvgIpc) is 2.90. The number of nitrogen functional groups attached to an aromatic ring is 2.